The SMILES string of the molecule is Cc1nn(C)c(CN(C)CC2CCCN2C)c1Br. The number of rotatable bonds is 4. The van der Waals surface area contributed by atoms with E-state index in [2.05, 4.69) is 44.9 Å². The van der Waals surface area contributed by atoms with Crippen molar-refractivity contribution in [3.63, 3.8) is 0 Å². The molecule has 0 amide bonds. The molecule has 18 heavy (non-hydrogen) atoms. The van der Waals surface area contributed by atoms with Crippen molar-refractivity contribution in [2.75, 3.05) is 27.2 Å². The molecule has 5 heteroatoms. The molecule has 1 saturated heterocycles. The van der Waals surface area contributed by atoms with Crippen molar-refractivity contribution < 1.29 is 0 Å². The molecule has 1 aliphatic rings. The Kier molecular flexibility index (Phi) is 4.45. The van der Waals surface area contributed by atoms with Gasteiger partial charge in [-0.3, -0.25) is 9.58 Å². The summed E-state index contributed by atoms with van der Waals surface area (Å²) in [5, 5.41) is 4.44. The monoisotopic (exact) mass is 314 g/mol. The predicted octanol–water partition coefficient (Wildman–Crippen LogP) is 2.02. The highest BCUT2D eigenvalue weighted by atomic mass is 79.9. The summed E-state index contributed by atoms with van der Waals surface area (Å²) in [5.74, 6) is 0. The smallest absolute Gasteiger partial charge is 0.0739 e. The fraction of sp³-hybridized carbons (Fsp3) is 0.769. The molecular formula is C13H23BrN4. The second kappa shape index (κ2) is 5.72. The molecule has 2 heterocycles. The molecule has 1 aliphatic heterocycles. The van der Waals surface area contributed by atoms with Crippen LogP contribution in [0.1, 0.15) is 24.2 Å². The van der Waals surface area contributed by atoms with Gasteiger partial charge in [0.1, 0.15) is 0 Å². The number of aromatic nitrogens is 2. The highest BCUT2D eigenvalue weighted by Gasteiger charge is 2.22. The number of likely N-dealkylation sites (N-methyl/N-ethyl adjacent to an activating group) is 2. The first-order valence-electron chi connectivity index (χ1n) is 6.55. The van der Waals surface area contributed by atoms with Gasteiger partial charge >= 0.3 is 0 Å². The van der Waals surface area contributed by atoms with Gasteiger partial charge in [-0.15, -0.1) is 0 Å². The van der Waals surface area contributed by atoms with Gasteiger partial charge in [0, 0.05) is 26.2 Å². The Balaban J connectivity index is 1.96. The topological polar surface area (TPSA) is 24.3 Å². The van der Waals surface area contributed by atoms with E-state index in [0.29, 0.717) is 6.04 Å². The van der Waals surface area contributed by atoms with Crippen LogP contribution in [0.5, 0.6) is 0 Å². The fourth-order valence-corrected chi connectivity index (χ4v) is 3.20. The van der Waals surface area contributed by atoms with Gasteiger partial charge in [0.15, 0.2) is 0 Å². The maximum absolute atomic E-state index is 4.44. The van der Waals surface area contributed by atoms with Crippen LogP contribution in [0.15, 0.2) is 4.47 Å². The van der Waals surface area contributed by atoms with Crippen LogP contribution >= 0.6 is 15.9 Å². The molecule has 0 aliphatic carbocycles. The van der Waals surface area contributed by atoms with Crippen molar-refractivity contribution in [2.24, 2.45) is 7.05 Å². The number of nitrogens with zero attached hydrogens (tertiary/aromatic N) is 4. The summed E-state index contributed by atoms with van der Waals surface area (Å²) >= 11 is 3.63. The van der Waals surface area contributed by atoms with Crippen molar-refractivity contribution in [1.82, 2.24) is 19.6 Å². The van der Waals surface area contributed by atoms with E-state index in [0.717, 1.165) is 23.3 Å². The average Bonchev–Trinajstić information content (AvgIpc) is 2.79. The van der Waals surface area contributed by atoms with Gasteiger partial charge in [-0.2, -0.15) is 5.10 Å². The van der Waals surface area contributed by atoms with Gasteiger partial charge in [0.05, 0.1) is 15.9 Å². The van der Waals surface area contributed by atoms with Crippen molar-refractivity contribution in [3.8, 4) is 0 Å². The van der Waals surface area contributed by atoms with Crippen LogP contribution in [0.2, 0.25) is 0 Å². The van der Waals surface area contributed by atoms with Gasteiger partial charge in [-0.25, -0.2) is 0 Å². The summed E-state index contributed by atoms with van der Waals surface area (Å²) in [6.07, 6.45) is 2.66. The van der Waals surface area contributed by atoms with E-state index in [9.17, 15) is 0 Å². The molecular weight excluding hydrogens is 292 g/mol. The highest BCUT2D eigenvalue weighted by molar-refractivity contribution is 9.10. The zero-order valence-corrected chi connectivity index (χ0v) is 13.4. The van der Waals surface area contributed by atoms with Crippen LogP contribution in [0.4, 0.5) is 0 Å². The lowest BCUT2D eigenvalue weighted by atomic mass is 10.2. The zero-order chi connectivity index (χ0) is 13.3. The molecule has 1 atom stereocenters. The molecule has 0 N–H and O–H groups in total. The standard InChI is InChI=1S/C13H23BrN4/c1-10-13(14)12(18(4)15-10)9-16(2)8-11-6-5-7-17(11)3/h11H,5-9H2,1-4H3. The minimum absolute atomic E-state index is 0.711. The number of likely N-dealkylation sites (tertiary alicyclic amines) is 1. The average molecular weight is 315 g/mol. The van der Waals surface area contributed by atoms with Crippen molar-refractivity contribution in [1.29, 1.82) is 0 Å². The highest BCUT2D eigenvalue weighted by Crippen LogP contribution is 2.22. The van der Waals surface area contributed by atoms with Gasteiger partial charge < -0.3 is 4.90 Å². The van der Waals surface area contributed by atoms with Crippen LogP contribution < -0.4 is 0 Å². The van der Waals surface area contributed by atoms with Gasteiger partial charge in [0.25, 0.3) is 0 Å². The Morgan fingerprint density at radius 1 is 1.44 bits per heavy atom. The minimum atomic E-state index is 0.711. The van der Waals surface area contributed by atoms with Crippen LogP contribution in [0.3, 0.4) is 0 Å². The van der Waals surface area contributed by atoms with Gasteiger partial charge in [-0.1, -0.05) is 0 Å². The van der Waals surface area contributed by atoms with Crippen LogP contribution in [-0.2, 0) is 13.6 Å². The Morgan fingerprint density at radius 2 is 2.17 bits per heavy atom. The Labute approximate surface area is 118 Å². The molecule has 1 aromatic rings. The molecule has 0 radical (unpaired) electrons. The van der Waals surface area contributed by atoms with Crippen LogP contribution in [0.25, 0.3) is 0 Å². The summed E-state index contributed by atoms with van der Waals surface area (Å²) in [7, 11) is 6.44. The first-order chi connectivity index (χ1) is 8.49. The third kappa shape index (κ3) is 2.95. The van der Waals surface area contributed by atoms with Crippen LogP contribution in [0, 0.1) is 6.92 Å². The molecule has 0 saturated carbocycles. The fourth-order valence-electron chi connectivity index (χ4n) is 2.74. The molecule has 2 rings (SSSR count). The second-order valence-electron chi connectivity index (χ2n) is 5.44. The maximum Gasteiger partial charge on any atom is 0.0739 e. The lowest BCUT2D eigenvalue weighted by Gasteiger charge is -2.25. The van der Waals surface area contributed by atoms with Crippen LogP contribution in [-0.4, -0.2) is 52.8 Å². The van der Waals surface area contributed by atoms with E-state index < -0.39 is 0 Å². The lowest BCUT2D eigenvalue weighted by molar-refractivity contribution is 0.212. The number of hydrogen-bond donors (Lipinski definition) is 0. The van der Waals surface area contributed by atoms with E-state index in [-0.39, 0.29) is 0 Å². The Bertz CT molecular complexity index is 415. The third-order valence-electron chi connectivity index (χ3n) is 3.88. The Morgan fingerprint density at radius 3 is 2.67 bits per heavy atom. The molecule has 1 fully saturated rings. The molecule has 0 bridgehead atoms. The first-order valence-corrected chi connectivity index (χ1v) is 7.35. The van der Waals surface area contributed by atoms with E-state index >= 15 is 0 Å². The summed E-state index contributed by atoms with van der Waals surface area (Å²) in [4.78, 5) is 4.87. The molecule has 0 aromatic carbocycles. The minimum Gasteiger partial charge on any atom is -0.302 e. The summed E-state index contributed by atoms with van der Waals surface area (Å²) in [5.41, 5.74) is 2.33. The summed E-state index contributed by atoms with van der Waals surface area (Å²) in [6.45, 7) is 5.36. The van der Waals surface area contributed by atoms with E-state index in [4.69, 9.17) is 0 Å². The zero-order valence-electron chi connectivity index (χ0n) is 11.8. The molecule has 102 valence electrons. The Hall–Kier alpha value is -0.390. The van der Waals surface area contributed by atoms with Crippen molar-refractivity contribution in [2.45, 2.75) is 32.4 Å². The van der Waals surface area contributed by atoms with Crippen molar-refractivity contribution >= 4 is 15.9 Å². The van der Waals surface area contributed by atoms with E-state index in [1.807, 2.05) is 18.7 Å². The maximum atomic E-state index is 4.44. The van der Waals surface area contributed by atoms with Gasteiger partial charge in [-0.05, 0) is 56.3 Å². The molecule has 1 aromatic heterocycles. The third-order valence-corrected chi connectivity index (χ3v) is 4.91. The van der Waals surface area contributed by atoms with E-state index in [1.165, 1.54) is 25.1 Å². The first kappa shape index (κ1) is 14.0. The largest absolute Gasteiger partial charge is 0.302 e. The van der Waals surface area contributed by atoms with Crippen molar-refractivity contribution in [3.05, 3.63) is 15.9 Å². The quantitative estimate of drug-likeness (QED) is 0.850. The summed E-state index contributed by atoms with van der Waals surface area (Å²) in [6, 6.07) is 0.711. The lowest BCUT2D eigenvalue weighted by Crippen LogP contribution is -2.36. The second-order valence-corrected chi connectivity index (χ2v) is 6.24. The normalized spacial score (nSPS) is 21.1. The van der Waals surface area contributed by atoms with Gasteiger partial charge in [0.2, 0.25) is 0 Å². The summed E-state index contributed by atoms with van der Waals surface area (Å²) < 4.78 is 3.13. The number of hydrogen-bond acceptors (Lipinski definition) is 3. The van der Waals surface area contributed by atoms with E-state index in [1.54, 1.807) is 0 Å². The molecule has 1 unspecified atom stereocenters. The predicted molar refractivity (Wildman–Crippen MR) is 77.6 cm³/mol. The number of halogens is 1. The molecule has 4 nitrogen and oxygen atoms in total. The molecule has 0 spiro atoms. The number of aryl methyl sites for hydroxylation is 2.